The van der Waals surface area contributed by atoms with E-state index in [-0.39, 0.29) is 22.9 Å². The first-order chi connectivity index (χ1) is 21.3. The van der Waals surface area contributed by atoms with E-state index in [9.17, 15) is 18.0 Å². The maximum atomic E-state index is 13.4. The van der Waals surface area contributed by atoms with E-state index in [1.807, 2.05) is 37.3 Å². The molecule has 0 aliphatic carbocycles. The van der Waals surface area contributed by atoms with E-state index in [2.05, 4.69) is 17.6 Å². The van der Waals surface area contributed by atoms with Crippen molar-refractivity contribution in [3.05, 3.63) is 114 Å². The van der Waals surface area contributed by atoms with Gasteiger partial charge in [0.1, 0.15) is 5.65 Å². The van der Waals surface area contributed by atoms with E-state index in [1.54, 1.807) is 49.4 Å². The number of fused-ring (bicyclic) bond motifs is 1. The van der Waals surface area contributed by atoms with Crippen LogP contribution in [0.1, 0.15) is 54.0 Å². The lowest BCUT2D eigenvalue weighted by Crippen LogP contribution is -2.30. The molecule has 0 spiro atoms. The summed E-state index contributed by atoms with van der Waals surface area (Å²) >= 11 is 0. The van der Waals surface area contributed by atoms with Crippen LogP contribution in [0.3, 0.4) is 0 Å². The Hall–Kier alpha value is -4.76. The van der Waals surface area contributed by atoms with Crippen LogP contribution >= 0.6 is 0 Å². The molecule has 8 nitrogen and oxygen atoms in total. The molecule has 0 bridgehead atoms. The van der Waals surface area contributed by atoms with Crippen LogP contribution in [0.2, 0.25) is 0 Å². The molecule has 0 aliphatic heterocycles. The Kier molecular flexibility index (Phi) is 9.25. The number of carbonyl (C=O) groups excluding carboxylic acids is 2. The van der Waals surface area contributed by atoms with Crippen molar-refractivity contribution in [3.63, 3.8) is 0 Å². The molecule has 0 atom stereocenters. The number of ether oxygens (including phenoxy) is 1. The van der Waals surface area contributed by atoms with Crippen LogP contribution in [0, 0.1) is 6.92 Å². The van der Waals surface area contributed by atoms with Crippen LogP contribution in [0.5, 0.6) is 0 Å². The summed E-state index contributed by atoms with van der Waals surface area (Å²) in [6.07, 6.45) is 3.29. The molecule has 2 heterocycles. The van der Waals surface area contributed by atoms with Gasteiger partial charge in [-0.25, -0.2) is 22.5 Å². The number of para-hydroxylation sites is 1. The molecular formula is C35H35N3O5S. The van der Waals surface area contributed by atoms with Gasteiger partial charge in [-0.05, 0) is 73.7 Å². The zero-order valence-corrected chi connectivity index (χ0v) is 25.9. The third-order valence-electron chi connectivity index (χ3n) is 7.57. The van der Waals surface area contributed by atoms with E-state index in [0.717, 1.165) is 57.0 Å². The number of anilines is 1. The van der Waals surface area contributed by atoms with Gasteiger partial charge in [-0.2, -0.15) is 0 Å². The van der Waals surface area contributed by atoms with Gasteiger partial charge < -0.3 is 9.30 Å². The van der Waals surface area contributed by atoms with Gasteiger partial charge in [0.05, 0.1) is 17.2 Å². The number of carbonyl (C=O) groups is 2. The molecule has 1 amide bonds. The van der Waals surface area contributed by atoms with E-state index in [0.29, 0.717) is 18.5 Å². The SMILES string of the molecule is CCCCc1cc2c(C)cc(C(=O)OCC)nc2n1Cc1ccc(-c2ccccc2N(C=O)S(=O)(=O)c2ccccc2)cc1. The lowest BCUT2D eigenvalue weighted by molar-refractivity contribution is -0.106. The van der Waals surface area contributed by atoms with Gasteiger partial charge in [0.15, 0.2) is 5.69 Å². The average Bonchev–Trinajstić information content (AvgIpc) is 3.38. The van der Waals surface area contributed by atoms with Gasteiger partial charge in [0, 0.05) is 23.2 Å². The number of nitrogens with zero attached hydrogens (tertiary/aromatic N) is 3. The fourth-order valence-electron chi connectivity index (χ4n) is 5.31. The van der Waals surface area contributed by atoms with Crippen molar-refractivity contribution in [2.75, 3.05) is 10.9 Å². The zero-order valence-electron chi connectivity index (χ0n) is 25.1. The van der Waals surface area contributed by atoms with E-state index >= 15 is 0 Å². The molecule has 0 radical (unpaired) electrons. The minimum absolute atomic E-state index is 0.0324. The van der Waals surface area contributed by atoms with Crippen LogP contribution in [-0.2, 0) is 32.5 Å². The normalized spacial score (nSPS) is 11.4. The highest BCUT2D eigenvalue weighted by molar-refractivity contribution is 7.93. The first kappa shape index (κ1) is 30.7. The second-order valence-electron chi connectivity index (χ2n) is 10.5. The maximum Gasteiger partial charge on any atom is 0.357 e. The fourth-order valence-corrected chi connectivity index (χ4v) is 6.57. The van der Waals surface area contributed by atoms with Crippen molar-refractivity contribution < 1.29 is 22.7 Å². The minimum atomic E-state index is -4.11. The van der Waals surface area contributed by atoms with E-state index < -0.39 is 16.0 Å². The fraction of sp³-hybridized carbons (Fsp3) is 0.229. The summed E-state index contributed by atoms with van der Waals surface area (Å²) in [7, 11) is -4.11. The molecule has 0 saturated carbocycles. The summed E-state index contributed by atoms with van der Waals surface area (Å²) in [5.74, 6) is -0.443. The van der Waals surface area contributed by atoms with Crippen molar-refractivity contribution in [2.24, 2.45) is 0 Å². The number of pyridine rings is 1. The monoisotopic (exact) mass is 609 g/mol. The molecule has 5 rings (SSSR count). The molecule has 0 saturated heterocycles. The summed E-state index contributed by atoms with van der Waals surface area (Å²) in [6, 6.07) is 26.6. The number of unbranched alkanes of at least 4 members (excludes halogenated alkanes) is 1. The predicted molar refractivity (Wildman–Crippen MR) is 172 cm³/mol. The number of aromatic nitrogens is 2. The highest BCUT2D eigenvalue weighted by atomic mass is 32.2. The molecule has 9 heteroatoms. The van der Waals surface area contributed by atoms with Crippen LogP contribution in [0.4, 0.5) is 5.69 Å². The highest BCUT2D eigenvalue weighted by Gasteiger charge is 2.26. The number of esters is 1. The molecule has 0 fully saturated rings. The number of aryl methyl sites for hydroxylation is 2. The van der Waals surface area contributed by atoms with E-state index in [4.69, 9.17) is 9.72 Å². The van der Waals surface area contributed by atoms with Gasteiger partial charge >= 0.3 is 5.97 Å². The van der Waals surface area contributed by atoms with Crippen molar-refractivity contribution >= 4 is 39.1 Å². The number of hydrogen-bond acceptors (Lipinski definition) is 6. The first-order valence-electron chi connectivity index (χ1n) is 14.7. The Morgan fingerprint density at radius 3 is 2.34 bits per heavy atom. The van der Waals surface area contributed by atoms with Gasteiger partial charge in [-0.15, -0.1) is 0 Å². The smallest absolute Gasteiger partial charge is 0.357 e. The van der Waals surface area contributed by atoms with Crippen molar-refractivity contribution in [1.29, 1.82) is 0 Å². The van der Waals surface area contributed by atoms with Crippen LogP contribution < -0.4 is 4.31 Å². The second kappa shape index (κ2) is 13.3. The number of benzene rings is 3. The number of sulfonamides is 1. The predicted octanol–water partition coefficient (Wildman–Crippen LogP) is 6.93. The van der Waals surface area contributed by atoms with E-state index in [1.165, 1.54) is 12.1 Å². The molecule has 44 heavy (non-hydrogen) atoms. The summed E-state index contributed by atoms with van der Waals surface area (Å²) in [5.41, 5.74) is 5.78. The van der Waals surface area contributed by atoms with Gasteiger partial charge in [0.25, 0.3) is 10.0 Å². The van der Waals surface area contributed by atoms with Crippen molar-refractivity contribution in [1.82, 2.24) is 9.55 Å². The Morgan fingerprint density at radius 1 is 0.955 bits per heavy atom. The maximum absolute atomic E-state index is 13.4. The summed E-state index contributed by atoms with van der Waals surface area (Å²) < 4.78 is 34.9. The molecule has 226 valence electrons. The lowest BCUT2D eigenvalue weighted by Gasteiger charge is -2.21. The Labute approximate surface area is 258 Å². The second-order valence-corrected chi connectivity index (χ2v) is 12.4. The molecule has 0 aliphatic rings. The Balaban J connectivity index is 1.51. The molecular weight excluding hydrogens is 574 g/mol. The molecule has 5 aromatic rings. The lowest BCUT2D eigenvalue weighted by atomic mass is 10.0. The molecule has 0 N–H and O–H groups in total. The number of amides is 1. The van der Waals surface area contributed by atoms with Gasteiger partial charge in [-0.3, -0.25) is 4.79 Å². The quantitative estimate of drug-likeness (QED) is 0.112. The highest BCUT2D eigenvalue weighted by Crippen LogP contribution is 2.34. The zero-order chi connectivity index (χ0) is 31.3. The van der Waals surface area contributed by atoms with Crippen molar-refractivity contribution in [3.8, 4) is 11.1 Å². The third kappa shape index (κ3) is 6.14. The summed E-state index contributed by atoms with van der Waals surface area (Å²) in [5, 5.41) is 1.00. The van der Waals surface area contributed by atoms with Crippen LogP contribution in [0.25, 0.3) is 22.2 Å². The molecule has 2 aromatic heterocycles. The third-order valence-corrected chi connectivity index (χ3v) is 9.24. The van der Waals surface area contributed by atoms with Gasteiger partial charge in [0.2, 0.25) is 6.41 Å². The largest absolute Gasteiger partial charge is 0.461 e. The standard InChI is InChI=1S/C35H35N3O5S/c1-4-6-12-28-22-31-25(3)21-32(35(40)43-5-2)36-34(31)37(28)23-26-17-19-27(20-18-26)30-15-10-11-16-33(30)38(24-39)44(41,42)29-13-8-7-9-14-29/h7-11,13-22,24H,4-6,12,23H2,1-3H3. The molecule has 0 unspecified atom stereocenters. The van der Waals surface area contributed by atoms with Crippen molar-refractivity contribution in [2.45, 2.75) is 51.5 Å². The molecule has 3 aromatic carbocycles. The van der Waals surface area contributed by atoms with Crippen LogP contribution in [-0.4, -0.2) is 37.0 Å². The van der Waals surface area contributed by atoms with Gasteiger partial charge in [-0.1, -0.05) is 74.0 Å². The number of hydrogen-bond donors (Lipinski definition) is 0. The summed E-state index contributed by atoms with van der Waals surface area (Å²) in [6.45, 7) is 6.72. The average molecular weight is 610 g/mol. The number of rotatable bonds is 12. The topological polar surface area (TPSA) is 98.6 Å². The first-order valence-corrected chi connectivity index (χ1v) is 16.1. The minimum Gasteiger partial charge on any atom is -0.461 e. The Morgan fingerprint density at radius 2 is 1.66 bits per heavy atom. The summed E-state index contributed by atoms with van der Waals surface area (Å²) in [4.78, 5) is 29.5. The Bertz CT molecular complexity index is 1900. The van der Waals surface area contributed by atoms with Crippen LogP contribution in [0.15, 0.2) is 95.9 Å².